The maximum absolute atomic E-state index is 4.29. The maximum Gasteiger partial charge on any atom is 0.0667 e. The zero-order valence-corrected chi connectivity index (χ0v) is 35.7. The number of hydrogen-bond donors (Lipinski definition) is 0. The van der Waals surface area contributed by atoms with E-state index in [0.717, 1.165) is 31.4 Å². The van der Waals surface area contributed by atoms with Crippen LogP contribution in [0.5, 0.6) is 0 Å². The Bertz CT molecular complexity index is 1930. The van der Waals surface area contributed by atoms with Gasteiger partial charge in [0, 0.05) is 40.9 Å². The molecule has 0 saturated heterocycles. The fraction of sp³-hybridized carbons (Fsp3) is 0.408. The highest BCUT2D eigenvalue weighted by Gasteiger charge is 2.04. The van der Waals surface area contributed by atoms with E-state index >= 15 is 0 Å². The Morgan fingerprint density at radius 1 is 0.404 bits per heavy atom. The van der Waals surface area contributed by atoms with Crippen LogP contribution in [-0.4, -0.2) is 15.0 Å². The number of fused-ring (bicyclic) bond motifs is 4. The van der Waals surface area contributed by atoms with Crippen molar-refractivity contribution in [3.05, 3.63) is 119 Å². The lowest BCUT2D eigenvalue weighted by Crippen LogP contribution is -2.28. The van der Waals surface area contributed by atoms with Gasteiger partial charge in [-0.05, 0) is 136 Å². The van der Waals surface area contributed by atoms with Crippen molar-refractivity contribution in [1.29, 1.82) is 0 Å². The smallest absolute Gasteiger partial charge is 0.0667 e. The maximum atomic E-state index is 4.29. The Hall–Kier alpha value is -4.37. The van der Waals surface area contributed by atoms with E-state index in [-0.39, 0.29) is 0 Å². The minimum Gasteiger partial charge on any atom is -0.264 e. The topological polar surface area (TPSA) is 38.7 Å². The van der Waals surface area contributed by atoms with E-state index in [1.807, 2.05) is 80.2 Å². The molecule has 8 rings (SSSR count). The number of hydrogen-bond acceptors (Lipinski definition) is 3. The Morgan fingerprint density at radius 3 is 1.40 bits per heavy atom. The number of aryl methyl sites for hydroxylation is 4. The lowest BCUT2D eigenvalue weighted by molar-refractivity contribution is 1.15. The molecule has 0 fully saturated rings. The van der Waals surface area contributed by atoms with Gasteiger partial charge in [-0.15, -0.1) is 0 Å². The standard InChI is InChI=1S/C11H12.3C10H11N.4C2H6/c1-8-4-3-5-10-7-6-9(2)11(8)10;1-7-3-4-9-6-11-5-8(2)10(7)9;1-7-3-4-9-5-6-11-8(2)10(7)9;1-7-3-4-9-10(7)8(2)5-6-11-9;4*1-2/h3-5,7H,6H2,1-2H3;3*4-6H,3H2,1-2H3;4*1-2H3. The first-order valence-corrected chi connectivity index (χ1v) is 19.7. The SMILES string of the molecule is CC.CC.CC.CC.CC1=c2c(C)cccc2=CC1.CC1=c2c(C)ccnc2=CC1.CC1=c2c(C)cncc2=CC1.CC1=c2c(C)nccc2=CC1. The van der Waals surface area contributed by atoms with E-state index in [0.29, 0.717) is 0 Å². The summed E-state index contributed by atoms with van der Waals surface area (Å²) >= 11 is 0. The van der Waals surface area contributed by atoms with E-state index in [1.54, 1.807) is 0 Å². The number of nitrogens with zero attached hydrogens (tertiary/aromatic N) is 3. The summed E-state index contributed by atoms with van der Waals surface area (Å²) in [6, 6.07) is 10.7. The van der Waals surface area contributed by atoms with Crippen LogP contribution in [0.1, 0.15) is 131 Å². The van der Waals surface area contributed by atoms with Crippen LogP contribution in [0.2, 0.25) is 0 Å². The molecule has 0 unspecified atom stereocenters. The van der Waals surface area contributed by atoms with Gasteiger partial charge < -0.3 is 0 Å². The van der Waals surface area contributed by atoms with Crippen molar-refractivity contribution >= 4 is 46.6 Å². The first-order valence-electron chi connectivity index (χ1n) is 19.7. The van der Waals surface area contributed by atoms with E-state index in [4.69, 9.17) is 0 Å². The Balaban J connectivity index is 0.000000325. The molecule has 3 aromatic heterocycles. The van der Waals surface area contributed by atoms with Crippen LogP contribution in [0.25, 0.3) is 46.6 Å². The molecule has 0 N–H and O–H groups in total. The van der Waals surface area contributed by atoms with Crippen LogP contribution < -0.4 is 41.9 Å². The zero-order chi connectivity index (χ0) is 39.4. The van der Waals surface area contributed by atoms with Crippen molar-refractivity contribution in [1.82, 2.24) is 15.0 Å². The molecule has 0 radical (unpaired) electrons. The molecule has 52 heavy (non-hydrogen) atoms. The quantitative estimate of drug-likeness (QED) is 0.189. The van der Waals surface area contributed by atoms with Gasteiger partial charge in [0.2, 0.25) is 0 Å². The third kappa shape index (κ3) is 11.8. The first kappa shape index (κ1) is 45.7. The average Bonchev–Trinajstić information content (AvgIpc) is 3.97. The number of benzene rings is 1. The normalized spacial score (nSPS) is 12.8. The van der Waals surface area contributed by atoms with Gasteiger partial charge in [-0.2, -0.15) is 0 Å². The minimum absolute atomic E-state index is 1.08. The minimum atomic E-state index is 1.08. The zero-order valence-electron chi connectivity index (χ0n) is 35.7. The highest BCUT2D eigenvalue weighted by Crippen LogP contribution is 2.05. The summed E-state index contributed by atoms with van der Waals surface area (Å²) in [6.07, 6.45) is 21.0. The van der Waals surface area contributed by atoms with Crippen molar-refractivity contribution in [2.75, 3.05) is 0 Å². The average molecular weight is 700 g/mol. The third-order valence-electron chi connectivity index (χ3n) is 9.02. The summed E-state index contributed by atoms with van der Waals surface area (Å²) in [4.78, 5) is 12.7. The molecule has 0 amide bonds. The predicted molar refractivity (Wildman–Crippen MR) is 233 cm³/mol. The Kier molecular flexibility index (Phi) is 21.1. The van der Waals surface area contributed by atoms with Crippen molar-refractivity contribution in [2.45, 2.75) is 136 Å². The van der Waals surface area contributed by atoms with Crippen LogP contribution in [0.4, 0.5) is 0 Å². The third-order valence-corrected chi connectivity index (χ3v) is 9.02. The van der Waals surface area contributed by atoms with Gasteiger partial charge >= 0.3 is 0 Å². The summed E-state index contributed by atoms with van der Waals surface area (Å²) in [5, 5.41) is 10.9. The second kappa shape index (κ2) is 24.0. The van der Waals surface area contributed by atoms with Gasteiger partial charge in [0.1, 0.15) is 0 Å². The molecule has 0 aliphatic heterocycles. The summed E-state index contributed by atoms with van der Waals surface area (Å²) in [6.45, 7) is 33.3. The van der Waals surface area contributed by atoms with Gasteiger partial charge in [-0.1, -0.05) is 120 Å². The summed E-state index contributed by atoms with van der Waals surface area (Å²) in [5.41, 5.74) is 11.1. The molecule has 3 heteroatoms. The molecule has 3 nitrogen and oxygen atoms in total. The predicted octanol–water partition coefficient (Wildman–Crippen LogP) is 7.69. The van der Waals surface area contributed by atoms with Crippen molar-refractivity contribution in [2.24, 2.45) is 0 Å². The number of aromatic nitrogens is 3. The molecular weight excluding hydrogens is 631 g/mol. The van der Waals surface area contributed by atoms with Gasteiger partial charge in [0.15, 0.2) is 0 Å². The van der Waals surface area contributed by atoms with E-state index in [2.05, 4.69) is 125 Å². The molecule has 3 heterocycles. The van der Waals surface area contributed by atoms with Crippen molar-refractivity contribution in [3.8, 4) is 0 Å². The highest BCUT2D eigenvalue weighted by molar-refractivity contribution is 5.60. The molecule has 0 atom stereocenters. The van der Waals surface area contributed by atoms with Crippen molar-refractivity contribution in [3.63, 3.8) is 0 Å². The second-order valence-corrected chi connectivity index (χ2v) is 12.5. The van der Waals surface area contributed by atoms with Crippen LogP contribution >= 0.6 is 0 Å². The van der Waals surface area contributed by atoms with Crippen LogP contribution in [0.15, 0.2) is 55.1 Å². The lowest BCUT2D eigenvalue weighted by atomic mass is 10.1. The molecule has 280 valence electrons. The van der Waals surface area contributed by atoms with Gasteiger partial charge in [0.05, 0.1) is 5.35 Å². The number of pyridine rings is 3. The summed E-state index contributed by atoms with van der Waals surface area (Å²) in [5.74, 6) is 0. The largest absolute Gasteiger partial charge is 0.264 e. The molecule has 0 saturated carbocycles. The second-order valence-electron chi connectivity index (χ2n) is 12.5. The van der Waals surface area contributed by atoms with Crippen LogP contribution in [-0.2, 0) is 0 Å². The molecule has 4 aliphatic carbocycles. The van der Waals surface area contributed by atoms with Crippen LogP contribution in [0, 0.1) is 27.7 Å². The van der Waals surface area contributed by atoms with E-state index in [1.165, 1.54) is 80.9 Å². The molecule has 0 spiro atoms. The van der Waals surface area contributed by atoms with Gasteiger partial charge in [-0.25, -0.2) is 0 Å². The Morgan fingerprint density at radius 2 is 0.865 bits per heavy atom. The van der Waals surface area contributed by atoms with E-state index < -0.39 is 0 Å². The monoisotopic (exact) mass is 700 g/mol. The molecule has 0 bridgehead atoms. The molecule has 1 aromatic carbocycles. The fourth-order valence-corrected chi connectivity index (χ4v) is 6.82. The molecular formula is C49H69N3. The lowest BCUT2D eigenvalue weighted by Gasteiger charge is -1.94. The number of rotatable bonds is 0. The van der Waals surface area contributed by atoms with Gasteiger partial charge in [0.25, 0.3) is 0 Å². The summed E-state index contributed by atoms with van der Waals surface area (Å²) < 4.78 is 0. The van der Waals surface area contributed by atoms with Gasteiger partial charge in [-0.3, -0.25) is 15.0 Å². The fourth-order valence-electron chi connectivity index (χ4n) is 6.82. The van der Waals surface area contributed by atoms with E-state index in [9.17, 15) is 0 Å². The highest BCUT2D eigenvalue weighted by atomic mass is 14.7. The van der Waals surface area contributed by atoms with Crippen LogP contribution in [0.3, 0.4) is 0 Å². The Labute approximate surface area is 316 Å². The first-order chi connectivity index (χ1) is 25.2. The van der Waals surface area contributed by atoms with Crippen molar-refractivity contribution < 1.29 is 0 Å². The molecule has 4 aromatic rings. The molecule has 4 aliphatic rings. The summed E-state index contributed by atoms with van der Waals surface area (Å²) in [7, 11) is 0.